The van der Waals surface area contributed by atoms with E-state index in [1.807, 2.05) is 35.2 Å². The predicted molar refractivity (Wildman–Crippen MR) is 150 cm³/mol. The van der Waals surface area contributed by atoms with E-state index in [1.165, 1.54) is 5.56 Å². The summed E-state index contributed by atoms with van der Waals surface area (Å²) in [6.45, 7) is 5.68. The van der Waals surface area contributed by atoms with Gasteiger partial charge in [-0.05, 0) is 41.3 Å². The van der Waals surface area contributed by atoms with Gasteiger partial charge in [-0.15, -0.1) is 0 Å². The van der Waals surface area contributed by atoms with E-state index in [4.69, 9.17) is 14.5 Å². The minimum Gasteiger partial charge on any atom is -0.491 e. The summed E-state index contributed by atoms with van der Waals surface area (Å²) >= 11 is 0. The zero-order valence-corrected chi connectivity index (χ0v) is 21.7. The lowest BCUT2D eigenvalue weighted by molar-refractivity contribution is 0.146. The van der Waals surface area contributed by atoms with Gasteiger partial charge < -0.3 is 14.6 Å². The number of hydrogen-bond acceptors (Lipinski definition) is 6. The molecule has 0 spiro atoms. The molecule has 0 bridgehead atoms. The maximum Gasteiger partial charge on any atom is 0.139 e. The fourth-order valence-electron chi connectivity index (χ4n) is 5.24. The van der Waals surface area contributed by atoms with Crippen molar-refractivity contribution in [2.45, 2.75) is 19.6 Å². The van der Waals surface area contributed by atoms with Gasteiger partial charge in [0.1, 0.15) is 24.5 Å². The normalized spacial score (nSPS) is 18.0. The fourth-order valence-corrected chi connectivity index (χ4v) is 5.24. The molecular weight excluding hydrogens is 476 g/mol. The van der Waals surface area contributed by atoms with Crippen LogP contribution < -0.4 is 4.74 Å². The summed E-state index contributed by atoms with van der Waals surface area (Å²) in [5, 5.41) is 11.2. The maximum absolute atomic E-state index is 10.1. The highest BCUT2D eigenvalue weighted by Gasteiger charge is 2.27. The van der Waals surface area contributed by atoms with Crippen LogP contribution in [0.3, 0.4) is 0 Å². The highest BCUT2D eigenvalue weighted by Crippen LogP contribution is 2.30. The molecule has 38 heavy (non-hydrogen) atoms. The number of methoxy groups -OCH3 is 1. The number of para-hydroxylation sites is 1. The van der Waals surface area contributed by atoms with E-state index in [0.29, 0.717) is 19.1 Å². The molecule has 7 nitrogen and oxygen atoms in total. The SMILES string of the molecule is COCCOc1ccc2c(c1)ncn2-c1ccc2cccc(-c3ccc(CN4C[C@@H](C)[C@@H](O)C4)cc3)c2n1. The number of likely N-dealkylation sites (tertiary alicyclic amines) is 1. The molecule has 1 N–H and O–H groups in total. The van der Waals surface area contributed by atoms with Crippen LogP contribution in [0.1, 0.15) is 12.5 Å². The van der Waals surface area contributed by atoms with Crippen molar-refractivity contribution in [2.75, 3.05) is 33.4 Å². The number of rotatable bonds is 8. The standard InChI is InChI=1S/C31H32N4O3/c1-21-17-34(19-29(21)36)18-22-6-8-23(9-7-22)26-5-3-4-24-10-13-30(33-31(24)26)35-20-32-27-16-25(11-12-28(27)35)38-15-14-37-2/h3-13,16,20-21,29,36H,14-15,17-19H2,1-2H3/t21-,29+/m1/s1. The number of aliphatic hydroxyl groups excluding tert-OH is 1. The topological polar surface area (TPSA) is 72.6 Å². The largest absolute Gasteiger partial charge is 0.491 e. The Morgan fingerprint density at radius 2 is 1.84 bits per heavy atom. The summed E-state index contributed by atoms with van der Waals surface area (Å²) in [7, 11) is 1.66. The minimum atomic E-state index is -0.228. The van der Waals surface area contributed by atoms with Crippen LogP contribution in [0.4, 0.5) is 0 Å². The van der Waals surface area contributed by atoms with Crippen LogP contribution in [0, 0.1) is 5.92 Å². The van der Waals surface area contributed by atoms with E-state index >= 15 is 0 Å². The van der Waals surface area contributed by atoms with Gasteiger partial charge in [-0.1, -0.05) is 49.4 Å². The molecule has 2 atom stereocenters. The first-order chi connectivity index (χ1) is 18.6. The molecule has 2 aromatic heterocycles. The second kappa shape index (κ2) is 10.5. The van der Waals surface area contributed by atoms with Gasteiger partial charge in [-0.25, -0.2) is 9.97 Å². The van der Waals surface area contributed by atoms with Crippen LogP contribution in [0.5, 0.6) is 5.75 Å². The van der Waals surface area contributed by atoms with Gasteiger partial charge >= 0.3 is 0 Å². The molecule has 0 saturated carbocycles. The van der Waals surface area contributed by atoms with Crippen LogP contribution >= 0.6 is 0 Å². The predicted octanol–water partition coefficient (Wildman–Crippen LogP) is 5.08. The second-order valence-corrected chi connectivity index (χ2v) is 10.1. The molecule has 3 heterocycles. The molecule has 0 aliphatic carbocycles. The van der Waals surface area contributed by atoms with Crippen molar-refractivity contribution in [2.24, 2.45) is 5.92 Å². The zero-order valence-electron chi connectivity index (χ0n) is 21.7. The quantitative estimate of drug-likeness (QED) is 0.295. The van der Waals surface area contributed by atoms with Crippen molar-refractivity contribution in [1.82, 2.24) is 19.4 Å². The average Bonchev–Trinajstić information content (AvgIpc) is 3.50. The van der Waals surface area contributed by atoms with Crippen LogP contribution in [0.25, 0.3) is 38.9 Å². The van der Waals surface area contributed by atoms with Crippen molar-refractivity contribution >= 4 is 21.9 Å². The first kappa shape index (κ1) is 24.6. The van der Waals surface area contributed by atoms with Gasteiger partial charge in [0.05, 0.1) is 29.3 Å². The Morgan fingerprint density at radius 1 is 0.974 bits per heavy atom. The second-order valence-electron chi connectivity index (χ2n) is 10.1. The van der Waals surface area contributed by atoms with Crippen LogP contribution in [-0.2, 0) is 11.3 Å². The number of hydrogen-bond donors (Lipinski definition) is 1. The summed E-state index contributed by atoms with van der Waals surface area (Å²) in [6.07, 6.45) is 1.58. The fraction of sp³-hybridized carbons (Fsp3) is 0.290. The lowest BCUT2D eigenvalue weighted by Gasteiger charge is -2.15. The van der Waals surface area contributed by atoms with Crippen LogP contribution in [0.2, 0.25) is 0 Å². The third-order valence-corrected chi connectivity index (χ3v) is 7.35. The highest BCUT2D eigenvalue weighted by atomic mass is 16.5. The van der Waals surface area contributed by atoms with Crippen LogP contribution in [0.15, 0.2) is 79.1 Å². The van der Waals surface area contributed by atoms with E-state index in [9.17, 15) is 5.11 Å². The Balaban J connectivity index is 1.28. The number of ether oxygens (including phenoxy) is 2. The van der Waals surface area contributed by atoms with E-state index in [2.05, 4.69) is 65.3 Å². The van der Waals surface area contributed by atoms with Gasteiger partial charge in [0.15, 0.2) is 0 Å². The Morgan fingerprint density at radius 3 is 2.63 bits per heavy atom. The molecule has 1 saturated heterocycles. The summed E-state index contributed by atoms with van der Waals surface area (Å²) in [5.74, 6) is 1.92. The molecule has 0 radical (unpaired) electrons. The third-order valence-electron chi connectivity index (χ3n) is 7.35. The summed E-state index contributed by atoms with van der Waals surface area (Å²) < 4.78 is 12.8. The Kier molecular flexibility index (Phi) is 6.81. The van der Waals surface area contributed by atoms with Crippen molar-refractivity contribution in [3.8, 4) is 22.7 Å². The zero-order chi connectivity index (χ0) is 26.1. The molecule has 1 fully saturated rings. The van der Waals surface area contributed by atoms with Crippen molar-refractivity contribution in [3.63, 3.8) is 0 Å². The summed E-state index contributed by atoms with van der Waals surface area (Å²) in [5.41, 5.74) is 6.26. The molecule has 0 unspecified atom stereocenters. The van der Waals surface area contributed by atoms with E-state index < -0.39 is 0 Å². The molecule has 1 aliphatic heterocycles. The van der Waals surface area contributed by atoms with E-state index in [-0.39, 0.29) is 6.10 Å². The molecule has 194 valence electrons. The molecule has 6 rings (SSSR count). The number of aliphatic hydroxyl groups is 1. The summed E-state index contributed by atoms with van der Waals surface area (Å²) in [6, 6.07) is 25.1. The lowest BCUT2D eigenvalue weighted by Crippen LogP contribution is -2.21. The highest BCUT2D eigenvalue weighted by molar-refractivity contribution is 5.94. The Hall–Kier alpha value is -3.78. The number of imidazole rings is 1. The minimum absolute atomic E-state index is 0.228. The Bertz CT molecular complexity index is 1550. The van der Waals surface area contributed by atoms with Crippen molar-refractivity contribution in [3.05, 3.63) is 84.7 Å². The smallest absolute Gasteiger partial charge is 0.139 e. The molecule has 3 aromatic carbocycles. The number of β-amino-alcohol motifs (C(OH)–C–C–N with tert-alkyl or cyclic N) is 1. The lowest BCUT2D eigenvalue weighted by atomic mass is 10.0. The Labute approximate surface area is 222 Å². The number of aromatic nitrogens is 3. The van der Waals surface area contributed by atoms with Gasteiger partial charge in [0, 0.05) is 43.8 Å². The average molecular weight is 509 g/mol. The molecule has 5 aromatic rings. The van der Waals surface area contributed by atoms with Gasteiger partial charge in [-0.2, -0.15) is 0 Å². The molecule has 7 heteroatoms. The molecule has 0 amide bonds. The number of benzene rings is 3. The van der Waals surface area contributed by atoms with E-state index in [0.717, 1.165) is 64.3 Å². The summed E-state index contributed by atoms with van der Waals surface area (Å²) in [4.78, 5) is 12.0. The van der Waals surface area contributed by atoms with Crippen molar-refractivity contribution in [1.29, 1.82) is 0 Å². The van der Waals surface area contributed by atoms with Crippen molar-refractivity contribution < 1.29 is 14.6 Å². The number of nitrogens with zero attached hydrogens (tertiary/aromatic N) is 4. The first-order valence-electron chi connectivity index (χ1n) is 13.1. The van der Waals surface area contributed by atoms with E-state index in [1.54, 1.807) is 7.11 Å². The first-order valence-corrected chi connectivity index (χ1v) is 13.1. The van der Waals surface area contributed by atoms with Gasteiger partial charge in [-0.3, -0.25) is 9.47 Å². The molecular formula is C31H32N4O3. The number of fused-ring (bicyclic) bond motifs is 2. The maximum atomic E-state index is 10.1. The van der Waals surface area contributed by atoms with Gasteiger partial charge in [0.25, 0.3) is 0 Å². The number of pyridine rings is 1. The van der Waals surface area contributed by atoms with Gasteiger partial charge in [0.2, 0.25) is 0 Å². The monoisotopic (exact) mass is 508 g/mol. The third kappa shape index (κ3) is 4.88. The van der Waals surface area contributed by atoms with Crippen LogP contribution in [-0.4, -0.2) is 64.1 Å². The molecule has 1 aliphatic rings.